The molecule has 2 amide bonds. The monoisotopic (exact) mass is 456 g/mol. The summed E-state index contributed by atoms with van der Waals surface area (Å²) in [6.07, 6.45) is 2.32. The molecule has 1 fully saturated rings. The summed E-state index contributed by atoms with van der Waals surface area (Å²) in [7, 11) is -2.14. The number of methoxy groups -OCH3 is 1. The second-order valence-corrected chi connectivity index (χ2v) is 10.8. The summed E-state index contributed by atoms with van der Waals surface area (Å²) in [4.78, 5) is 27.0. The van der Waals surface area contributed by atoms with Crippen LogP contribution in [-0.4, -0.2) is 39.1 Å². The van der Waals surface area contributed by atoms with E-state index in [0.717, 1.165) is 29.7 Å². The predicted molar refractivity (Wildman–Crippen MR) is 123 cm³/mol. The number of aryl methyl sites for hydroxylation is 1. The number of nitrogens with zero attached hydrogens (tertiary/aromatic N) is 1. The molecule has 170 valence electrons. The highest BCUT2D eigenvalue weighted by molar-refractivity contribution is 7.91. The predicted octanol–water partition coefficient (Wildman–Crippen LogP) is 3.49. The largest absolute Gasteiger partial charge is 0.495 e. The highest BCUT2D eigenvalue weighted by Crippen LogP contribution is 2.39. The standard InChI is InChI=1S/C24H28N2O5S/c1-15-4-9-22(31-3)20(12-15)25-23(27)10-11-32(29,30)19-7-8-21-18(14-19)13-16(2)26(21)24(28)17-5-6-17/h4,7-9,12,14,16-17H,5-6,10-11,13H2,1-3H3,(H,25,27)/t16-/m1/s1. The third-order valence-corrected chi connectivity index (χ3v) is 7.73. The Hall–Kier alpha value is -2.87. The topological polar surface area (TPSA) is 92.8 Å². The number of sulfone groups is 1. The van der Waals surface area contributed by atoms with E-state index in [1.807, 2.05) is 24.8 Å². The Morgan fingerprint density at radius 2 is 1.91 bits per heavy atom. The first kappa shape index (κ1) is 22.3. The van der Waals surface area contributed by atoms with Crippen molar-refractivity contribution in [3.8, 4) is 5.75 Å². The molecule has 1 N–H and O–H groups in total. The van der Waals surface area contributed by atoms with Gasteiger partial charge in [0.2, 0.25) is 11.8 Å². The molecule has 32 heavy (non-hydrogen) atoms. The molecule has 2 aromatic rings. The van der Waals surface area contributed by atoms with Gasteiger partial charge in [0.05, 0.1) is 23.4 Å². The molecule has 2 aliphatic rings. The van der Waals surface area contributed by atoms with Gasteiger partial charge in [0, 0.05) is 24.1 Å². The molecule has 2 aromatic carbocycles. The maximum atomic E-state index is 12.9. The number of carbonyl (C=O) groups excluding carboxylic acids is 2. The first-order valence-electron chi connectivity index (χ1n) is 10.8. The molecule has 0 saturated heterocycles. The van der Waals surface area contributed by atoms with E-state index < -0.39 is 15.7 Å². The minimum Gasteiger partial charge on any atom is -0.495 e. The van der Waals surface area contributed by atoms with E-state index in [2.05, 4.69) is 5.32 Å². The van der Waals surface area contributed by atoms with E-state index >= 15 is 0 Å². The maximum Gasteiger partial charge on any atom is 0.230 e. The van der Waals surface area contributed by atoms with Crippen molar-refractivity contribution in [2.24, 2.45) is 5.92 Å². The summed E-state index contributed by atoms with van der Waals surface area (Å²) in [6, 6.07) is 10.3. The lowest BCUT2D eigenvalue weighted by Gasteiger charge is -2.22. The normalized spacial score (nSPS) is 17.7. The molecule has 0 unspecified atom stereocenters. The number of anilines is 2. The van der Waals surface area contributed by atoms with Gasteiger partial charge in [-0.2, -0.15) is 0 Å². The SMILES string of the molecule is COc1ccc(C)cc1NC(=O)CCS(=O)(=O)c1ccc2c(c1)C[C@@H](C)N2C(=O)C1CC1. The summed E-state index contributed by atoms with van der Waals surface area (Å²) in [5, 5.41) is 2.74. The molecule has 1 saturated carbocycles. The van der Waals surface area contributed by atoms with Crippen LogP contribution in [0.4, 0.5) is 11.4 Å². The van der Waals surface area contributed by atoms with E-state index in [-0.39, 0.29) is 34.9 Å². The zero-order chi connectivity index (χ0) is 23.0. The van der Waals surface area contributed by atoms with Crippen LogP contribution in [-0.2, 0) is 25.8 Å². The van der Waals surface area contributed by atoms with Crippen LogP contribution in [0.5, 0.6) is 5.75 Å². The average Bonchev–Trinajstić information content (AvgIpc) is 3.54. The number of hydrogen-bond donors (Lipinski definition) is 1. The Morgan fingerprint density at radius 3 is 2.59 bits per heavy atom. The van der Waals surface area contributed by atoms with Gasteiger partial charge in [-0.05, 0) is 74.6 Å². The van der Waals surface area contributed by atoms with Gasteiger partial charge >= 0.3 is 0 Å². The highest BCUT2D eigenvalue weighted by Gasteiger charge is 2.39. The van der Waals surface area contributed by atoms with E-state index in [1.54, 1.807) is 30.3 Å². The quantitative estimate of drug-likeness (QED) is 0.688. The van der Waals surface area contributed by atoms with Gasteiger partial charge in [0.25, 0.3) is 0 Å². The van der Waals surface area contributed by atoms with Crippen LogP contribution in [0, 0.1) is 12.8 Å². The van der Waals surface area contributed by atoms with Crippen molar-refractivity contribution >= 4 is 33.0 Å². The second kappa shape index (κ2) is 8.58. The van der Waals surface area contributed by atoms with Crippen molar-refractivity contribution in [3.05, 3.63) is 47.5 Å². The van der Waals surface area contributed by atoms with Gasteiger partial charge in [-0.3, -0.25) is 9.59 Å². The highest BCUT2D eigenvalue weighted by atomic mass is 32.2. The summed E-state index contributed by atoms with van der Waals surface area (Å²) in [5.41, 5.74) is 3.14. The fraction of sp³-hybridized carbons (Fsp3) is 0.417. The minimum atomic E-state index is -3.65. The van der Waals surface area contributed by atoms with Crippen molar-refractivity contribution in [1.29, 1.82) is 0 Å². The van der Waals surface area contributed by atoms with Gasteiger partial charge in [-0.25, -0.2) is 8.42 Å². The number of rotatable bonds is 7. The van der Waals surface area contributed by atoms with Crippen LogP contribution >= 0.6 is 0 Å². The maximum absolute atomic E-state index is 12.9. The minimum absolute atomic E-state index is 0.0196. The molecule has 0 radical (unpaired) electrons. The van der Waals surface area contributed by atoms with Gasteiger partial charge in [-0.1, -0.05) is 6.07 Å². The first-order chi connectivity index (χ1) is 15.2. The molecule has 7 nitrogen and oxygen atoms in total. The Kier molecular flexibility index (Phi) is 5.99. The van der Waals surface area contributed by atoms with E-state index in [0.29, 0.717) is 17.9 Å². The number of benzene rings is 2. The molecule has 4 rings (SSSR count). The number of carbonyl (C=O) groups is 2. The second-order valence-electron chi connectivity index (χ2n) is 8.65. The van der Waals surface area contributed by atoms with Gasteiger partial charge < -0.3 is 15.0 Å². The zero-order valence-electron chi connectivity index (χ0n) is 18.6. The Labute approximate surface area is 188 Å². The Balaban J connectivity index is 1.44. The van der Waals surface area contributed by atoms with Crippen molar-refractivity contribution in [2.45, 2.75) is 50.5 Å². The van der Waals surface area contributed by atoms with Crippen molar-refractivity contribution in [1.82, 2.24) is 0 Å². The first-order valence-corrected chi connectivity index (χ1v) is 12.5. The van der Waals surface area contributed by atoms with E-state index in [9.17, 15) is 18.0 Å². The van der Waals surface area contributed by atoms with Crippen LogP contribution < -0.4 is 15.0 Å². The lowest BCUT2D eigenvalue weighted by molar-refractivity contribution is -0.120. The smallest absolute Gasteiger partial charge is 0.230 e. The third-order valence-electron chi connectivity index (χ3n) is 6.02. The summed E-state index contributed by atoms with van der Waals surface area (Å²) >= 11 is 0. The molecule has 0 spiro atoms. The molecule has 1 heterocycles. The molecular formula is C24H28N2O5S. The summed E-state index contributed by atoms with van der Waals surface area (Å²) in [6.45, 7) is 3.88. The molecule has 1 aliphatic heterocycles. The number of nitrogens with one attached hydrogen (secondary N) is 1. The van der Waals surface area contributed by atoms with Crippen LogP contribution in [0.2, 0.25) is 0 Å². The Bertz CT molecular complexity index is 1170. The fourth-order valence-corrected chi connectivity index (χ4v) is 5.43. The molecule has 8 heteroatoms. The number of fused-ring (bicyclic) bond motifs is 1. The van der Waals surface area contributed by atoms with Crippen LogP contribution in [0.25, 0.3) is 0 Å². The molecule has 1 atom stereocenters. The van der Waals surface area contributed by atoms with Crippen LogP contribution in [0.15, 0.2) is 41.3 Å². The molecule has 0 aromatic heterocycles. The van der Waals surface area contributed by atoms with E-state index in [1.165, 1.54) is 7.11 Å². The number of amides is 2. The number of hydrogen-bond acceptors (Lipinski definition) is 5. The van der Waals surface area contributed by atoms with E-state index in [4.69, 9.17) is 4.74 Å². The van der Waals surface area contributed by atoms with Crippen LogP contribution in [0.1, 0.15) is 37.3 Å². The lowest BCUT2D eigenvalue weighted by atomic mass is 10.1. The average molecular weight is 457 g/mol. The summed E-state index contributed by atoms with van der Waals surface area (Å²) < 4.78 is 31.0. The molecular weight excluding hydrogens is 428 g/mol. The fourth-order valence-electron chi connectivity index (χ4n) is 4.14. The van der Waals surface area contributed by atoms with Crippen molar-refractivity contribution < 1.29 is 22.7 Å². The van der Waals surface area contributed by atoms with Crippen molar-refractivity contribution in [2.75, 3.05) is 23.1 Å². The zero-order valence-corrected chi connectivity index (χ0v) is 19.4. The summed E-state index contributed by atoms with van der Waals surface area (Å²) in [5.74, 6) is 0.0669. The molecule has 1 aliphatic carbocycles. The van der Waals surface area contributed by atoms with Gasteiger partial charge in [0.1, 0.15) is 5.75 Å². The van der Waals surface area contributed by atoms with Gasteiger partial charge in [0.15, 0.2) is 9.84 Å². The number of ether oxygens (including phenoxy) is 1. The molecule has 0 bridgehead atoms. The van der Waals surface area contributed by atoms with Gasteiger partial charge in [-0.15, -0.1) is 0 Å². The van der Waals surface area contributed by atoms with Crippen molar-refractivity contribution in [3.63, 3.8) is 0 Å². The Morgan fingerprint density at radius 1 is 1.16 bits per heavy atom. The lowest BCUT2D eigenvalue weighted by Crippen LogP contribution is -2.36. The third kappa shape index (κ3) is 4.50. The van der Waals surface area contributed by atoms with Crippen LogP contribution in [0.3, 0.4) is 0 Å².